The normalized spacial score (nSPS) is 24.8. The largest absolute Gasteiger partial charge is 0.508 e. The van der Waals surface area contributed by atoms with Crippen molar-refractivity contribution in [1.82, 2.24) is 0 Å². The van der Waals surface area contributed by atoms with E-state index < -0.39 is 23.9 Å². The summed E-state index contributed by atoms with van der Waals surface area (Å²) in [5.74, 6) is 1.51. The van der Waals surface area contributed by atoms with Gasteiger partial charge in [-0.05, 0) is 43.7 Å². The van der Waals surface area contributed by atoms with Crippen molar-refractivity contribution < 1.29 is 44.1 Å². The molecule has 0 spiro atoms. The second-order valence-electron chi connectivity index (χ2n) is 10.0. The third-order valence-corrected chi connectivity index (χ3v) is 7.27. The van der Waals surface area contributed by atoms with Gasteiger partial charge in [-0.2, -0.15) is 0 Å². The highest BCUT2D eigenvalue weighted by molar-refractivity contribution is 5.56. The Morgan fingerprint density at radius 2 is 1.65 bits per heavy atom. The molecule has 4 N–H and O–H groups in total. The maximum absolute atomic E-state index is 10.4. The molecule has 4 atom stereocenters. The van der Waals surface area contributed by atoms with E-state index in [1.807, 2.05) is 26.0 Å². The van der Waals surface area contributed by atoms with Gasteiger partial charge in [-0.15, -0.1) is 0 Å². The number of hydrogen-bond donors (Lipinski definition) is 4. The molecule has 3 aromatic carbocycles. The number of methoxy groups -OCH3 is 1. The predicted octanol–water partition coefficient (Wildman–Crippen LogP) is 4.00. The van der Waals surface area contributed by atoms with Gasteiger partial charge in [0.15, 0.2) is 41.3 Å². The van der Waals surface area contributed by atoms with Gasteiger partial charge in [0.1, 0.15) is 23.4 Å². The van der Waals surface area contributed by atoms with Crippen LogP contribution in [0.4, 0.5) is 0 Å². The molecular formula is C28H28O9. The van der Waals surface area contributed by atoms with Gasteiger partial charge in [0.05, 0.1) is 19.3 Å². The Morgan fingerprint density at radius 3 is 2.41 bits per heavy atom. The molecule has 37 heavy (non-hydrogen) atoms. The van der Waals surface area contributed by atoms with Crippen LogP contribution in [0.25, 0.3) is 0 Å². The average Bonchev–Trinajstić information content (AvgIpc) is 2.86. The molecule has 194 valence electrons. The second-order valence-corrected chi connectivity index (χ2v) is 10.0. The fourth-order valence-electron chi connectivity index (χ4n) is 5.50. The summed E-state index contributed by atoms with van der Waals surface area (Å²) in [7, 11) is 1.46. The molecule has 3 heterocycles. The van der Waals surface area contributed by atoms with Crippen LogP contribution in [-0.2, 0) is 16.8 Å². The third kappa shape index (κ3) is 3.77. The molecule has 3 aliphatic rings. The minimum absolute atomic E-state index is 0.00179. The third-order valence-electron chi connectivity index (χ3n) is 7.27. The van der Waals surface area contributed by atoms with Gasteiger partial charge in [0, 0.05) is 35.2 Å². The van der Waals surface area contributed by atoms with Gasteiger partial charge in [-0.25, -0.2) is 0 Å². The zero-order chi connectivity index (χ0) is 26.1. The van der Waals surface area contributed by atoms with E-state index in [0.29, 0.717) is 34.8 Å². The van der Waals surface area contributed by atoms with Crippen LogP contribution in [0.3, 0.4) is 0 Å². The summed E-state index contributed by atoms with van der Waals surface area (Å²) in [6.45, 7) is 3.63. The highest BCUT2D eigenvalue weighted by atomic mass is 16.6. The molecular weight excluding hydrogens is 480 g/mol. The van der Waals surface area contributed by atoms with Crippen LogP contribution in [0, 0.1) is 0 Å². The summed E-state index contributed by atoms with van der Waals surface area (Å²) >= 11 is 0. The molecule has 2 unspecified atom stereocenters. The number of phenols is 3. The summed E-state index contributed by atoms with van der Waals surface area (Å²) < 4.78 is 30.5. The highest BCUT2D eigenvalue weighted by Gasteiger charge is 2.46. The van der Waals surface area contributed by atoms with Gasteiger partial charge in [-0.3, -0.25) is 0 Å². The van der Waals surface area contributed by atoms with Crippen molar-refractivity contribution in [3.8, 4) is 40.2 Å². The van der Waals surface area contributed by atoms with E-state index in [2.05, 4.69) is 0 Å². The predicted molar refractivity (Wildman–Crippen MR) is 131 cm³/mol. The lowest BCUT2D eigenvalue weighted by Gasteiger charge is -2.46. The standard InChI is InChI=1S/C28H28O9/c1-28(2)17-11-23-22(36-26(25(12-29)34-23)13-4-5-18(31)21(6-13)33-3)9-15(17)27-24(37-28)10-16-19(32)7-14(30)8-20(16)35-27/h4-9,11,24-27,29-32H,10,12H2,1-3H3/t24-,25?,26?,27-/m1/s1. The number of aromatic hydroxyl groups is 3. The van der Waals surface area contributed by atoms with Gasteiger partial charge in [0.25, 0.3) is 0 Å². The smallest absolute Gasteiger partial charge is 0.163 e. The van der Waals surface area contributed by atoms with Crippen molar-refractivity contribution >= 4 is 0 Å². The summed E-state index contributed by atoms with van der Waals surface area (Å²) in [5.41, 5.74) is 2.26. The number of rotatable bonds is 3. The summed E-state index contributed by atoms with van der Waals surface area (Å²) in [6, 6.07) is 11.4. The van der Waals surface area contributed by atoms with Crippen molar-refractivity contribution in [3.63, 3.8) is 0 Å². The second kappa shape index (κ2) is 8.36. The molecule has 9 heteroatoms. The van der Waals surface area contributed by atoms with E-state index in [9.17, 15) is 20.4 Å². The SMILES string of the molecule is COc1cc(C2Oc3cc4c(cc3OC2CO)C(C)(C)O[C@@H]2Cc3c(O)cc(O)cc3O[C@H]42)ccc1O. The number of ether oxygens (including phenoxy) is 5. The lowest BCUT2D eigenvalue weighted by Crippen LogP contribution is -2.44. The molecule has 0 bridgehead atoms. The van der Waals surface area contributed by atoms with Crippen LogP contribution in [-0.4, -0.2) is 46.4 Å². The number of benzene rings is 3. The first-order chi connectivity index (χ1) is 17.7. The minimum Gasteiger partial charge on any atom is -0.508 e. The molecule has 0 aromatic heterocycles. The topological polar surface area (TPSA) is 127 Å². The Balaban J connectivity index is 1.42. The Bertz CT molecular complexity index is 1380. The zero-order valence-corrected chi connectivity index (χ0v) is 20.6. The monoisotopic (exact) mass is 508 g/mol. The summed E-state index contributed by atoms with van der Waals surface area (Å²) in [5, 5.41) is 40.5. The fourth-order valence-corrected chi connectivity index (χ4v) is 5.50. The van der Waals surface area contributed by atoms with Gasteiger partial charge >= 0.3 is 0 Å². The fraction of sp³-hybridized carbons (Fsp3) is 0.357. The van der Waals surface area contributed by atoms with Crippen molar-refractivity contribution in [2.45, 2.75) is 50.3 Å². The van der Waals surface area contributed by atoms with E-state index in [1.54, 1.807) is 12.1 Å². The van der Waals surface area contributed by atoms with E-state index in [-0.39, 0.29) is 35.7 Å². The molecule has 3 aromatic rings. The van der Waals surface area contributed by atoms with Crippen LogP contribution < -0.4 is 18.9 Å². The number of aliphatic hydroxyl groups excluding tert-OH is 1. The number of aliphatic hydroxyl groups is 1. The lowest BCUT2D eigenvalue weighted by molar-refractivity contribution is -0.141. The van der Waals surface area contributed by atoms with Crippen molar-refractivity contribution in [2.24, 2.45) is 0 Å². The number of hydrogen-bond acceptors (Lipinski definition) is 9. The minimum atomic E-state index is -0.696. The van der Waals surface area contributed by atoms with Crippen LogP contribution in [0.5, 0.6) is 40.2 Å². The Kier molecular flexibility index (Phi) is 5.32. The van der Waals surface area contributed by atoms with E-state index in [0.717, 1.165) is 11.1 Å². The van der Waals surface area contributed by atoms with E-state index >= 15 is 0 Å². The van der Waals surface area contributed by atoms with E-state index in [1.165, 1.54) is 25.3 Å². The lowest BCUT2D eigenvalue weighted by atomic mass is 9.82. The molecule has 9 nitrogen and oxygen atoms in total. The summed E-state index contributed by atoms with van der Waals surface area (Å²) in [4.78, 5) is 0. The maximum atomic E-state index is 10.4. The first-order valence-electron chi connectivity index (χ1n) is 12.1. The molecule has 0 saturated carbocycles. The van der Waals surface area contributed by atoms with Crippen molar-refractivity contribution in [3.05, 3.63) is 64.7 Å². The van der Waals surface area contributed by atoms with Crippen LogP contribution in [0.15, 0.2) is 42.5 Å². The Morgan fingerprint density at radius 1 is 0.892 bits per heavy atom. The quantitative estimate of drug-likeness (QED) is 0.415. The molecule has 0 amide bonds. The first-order valence-corrected chi connectivity index (χ1v) is 12.1. The van der Waals surface area contributed by atoms with Crippen molar-refractivity contribution in [2.75, 3.05) is 13.7 Å². The number of phenolic OH excluding ortho intramolecular Hbond substituents is 3. The average molecular weight is 509 g/mol. The van der Waals surface area contributed by atoms with Crippen molar-refractivity contribution in [1.29, 1.82) is 0 Å². The highest BCUT2D eigenvalue weighted by Crippen LogP contribution is 2.53. The maximum Gasteiger partial charge on any atom is 0.163 e. The molecule has 3 aliphatic heterocycles. The van der Waals surface area contributed by atoms with Crippen LogP contribution in [0.1, 0.15) is 48.3 Å². The van der Waals surface area contributed by atoms with Crippen LogP contribution in [0.2, 0.25) is 0 Å². The zero-order valence-electron chi connectivity index (χ0n) is 20.6. The molecule has 6 rings (SSSR count). The Hall–Kier alpha value is -3.82. The molecule has 0 aliphatic carbocycles. The van der Waals surface area contributed by atoms with Crippen LogP contribution >= 0.6 is 0 Å². The summed E-state index contributed by atoms with van der Waals surface area (Å²) in [6.07, 6.45) is -1.82. The first kappa shape index (κ1) is 23.6. The Labute approximate surface area is 213 Å². The number of fused-ring (bicyclic) bond motifs is 5. The molecule has 0 saturated heterocycles. The van der Waals surface area contributed by atoms with Gasteiger partial charge in [-0.1, -0.05) is 6.07 Å². The molecule has 0 fully saturated rings. The van der Waals surface area contributed by atoms with Gasteiger partial charge < -0.3 is 44.1 Å². The van der Waals surface area contributed by atoms with Gasteiger partial charge in [0.2, 0.25) is 0 Å². The molecule has 0 radical (unpaired) electrons. The van der Waals surface area contributed by atoms with E-state index in [4.69, 9.17) is 23.7 Å².